The van der Waals surface area contributed by atoms with Crippen LogP contribution in [0.5, 0.6) is 0 Å². The molecular formula is C18H22ClN5OS. The number of hydrogen-bond donors (Lipinski definition) is 0. The topological polar surface area (TPSA) is 54.3 Å². The Labute approximate surface area is 162 Å². The molecule has 0 N–H and O–H groups in total. The Bertz CT molecular complexity index is 902. The first-order valence-corrected chi connectivity index (χ1v) is 9.81. The lowest BCUT2D eigenvalue weighted by Crippen LogP contribution is -2.39. The van der Waals surface area contributed by atoms with Crippen LogP contribution >= 0.6 is 22.9 Å². The molecule has 0 unspecified atom stereocenters. The predicted molar refractivity (Wildman–Crippen MR) is 107 cm³/mol. The van der Waals surface area contributed by atoms with Gasteiger partial charge in [0.2, 0.25) is 0 Å². The molecule has 0 atom stereocenters. The van der Waals surface area contributed by atoms with Crippen molar-refractivity contribution in [2.45, 2.75) is 13.8 Å². The molecule has 0 saturated carbocycles. The minimum Gasteiger partial charge on any atom is -0.302 e. The van der Waals surface area contributed by atoms with Gasteiger partial charge >= 0.3 is 0 Å². The molecule has 0 saturated heterocycles. The summed E-state index contributed by atoms with van der Waals surface area (Å²) in [5.74, 6) is -0.145. The van der Waals surface area contributed by atoms with Crippen molar-refractivity contribution in [1.82, 2.24) is 19.7 Å². The van der Waals surface area contributed by atoms with Gasteiger partial charge in [-0.1, -0.05) is 42.9 Å². The third-order valence-corrected chi connectivity index (χ3v) is 5.65. The first-order chi connectivity index (χ1) is 12.5. The van der Waals surface area contributed by atoms with Crippen molar-refractivity contribution in [3.8, 4) is 0 Å². The van der Waals surface area contributed by atoms with Gasteiger partial charge in [-0.05, 0) is 31.3 Å². The molecular weight excluding hydrogens is 370 g/mol. The van der Waals surface area contributed by atoms with Crippen LogP contribution in [0.1, 0.15) is 24.3 Å². The lowest BCUT2D eigenvalue weighted by atomic mass is 10.3. The average Bonchev–Trinajstić information content (AvgIpc) is 3.25. The van der Waals surface area contributed by atoms with E-state index in [9.17, 15) is 4.79 Å². The van der Waals surface area contributed by atoms with Gasteiger partial charge in [-0.2, -0.15) is 5.10 Å². The number of benzene rings is 1. The largest absolute Gasteiger partial charge is 0.302 e. The van der Waals surface area contributed by atoms with Crippen molar-refractivity contribution in [3.05, 3.63) is 41.2 Å². The summed E-state index contributed by atoms with van der Waals surface area (Å²) in [6, 6.07) is 7.41. The number of amides is 1. The van der Waals surface area contributed by atoms with Crippen LogP contribution < -0.4 is 4.90 Å². The number of carbonyl (C=O) groups is 1. The molecule has 2 heterocycles. The van der Waals surface area contributed by atoms with Gasteiger partial charge in [-0.25, -0.2) is 4.98 Å². The number of thiazole rings is 1. The molecule has 0 fully saturated rings. The minimum absolute atomic E-state index is 0.145. The summed E-state index contributed by atoms with van der Waals surface area (Å²) >= 11 is 7.74. The number of para-hydroxylation sites is 1. The molecule has 3 rings (SSSR count). The maximum absolute atomic E-state index is 13.1. The van der Waals surface area contributed by atoms with Crippen LogP contribution in [0.2, 0.25) is 5.02 Å². The second-order valence-corrected chi connectivity index (χ2v) is 7.36. The van der Waals surface area contributed by atoms with Gasteiger partial charge in [0.15, 0.2) is 10.8 Å². The van der Waals surface area contributed by atoms with Gasteiger partial charge in [0.1, 0.15) is 5.52 Å². The quantitative estimate of drug-likeness (QED) is 0.616. The van der Waals surface area contributed by atoms with Gasteiger partial charge in [0.25, 0.3) is 5.91 Å². The van der Waals surface area contributed by atoms with E-state index in [1.807, 2.05) is 18.2 Å². The third kappa shape index (κ3) is 3.90. The standard InChI is InChI=1S/C18H22ClN5OS/c1-4-23(5-2)11-12-24(17(25)14-9-10-22(3)21-14)18-20-16-13(19)7-6-8-15(16)26-18/h6-10H,4-5,11-12H2,1-3H3. The third-order valence-electron chi connectivity index (χ3n) is 4.30. The Balaban J connectivity index is 1.95. The van der Waals surface area contributed by atoms with Crippen molar-refractivity contribution in [1.29, 1.82) is 0 Å². The lowest BCUT2D eigenvalue weighted by molar-refractivity contribution is 0.0978. The summed E-state index contributed by atoms with van der Waals surface area (Å²) in [6.45, 7) is 7.43. The highest BCUT2D eigenvalue weighted by Gasteiger charge is 2.24. The lowest BCUT2D eigenvalue weighted by Gasteiger charge is -2.24. The van der Waals surface area contributed by atoms with Gasteiger partial charge in [0, 0.05) is 26.3 Å². The van der Waals surface area contributed by atoms with E-state index in [1.165, 1.54) is 11.3 Å². The fraction of sp³-hybridized carbons (Fsp3) is 0.389. The van der Waals surface area contributed by atoms with Crippen molar-refractivity contribution < 1.29 is 4.79 Å². The number of nitrogens with zero attached hydrogens (tertiary/aromatic N) is 5. The highest BCUT2D eigenvalue weighted by molar-refractivity contribution is 7.22. The summed E-state index contributed by atoms with van der Waals surface area (Å²) < 4.78 is 2.60. The number of likely N-dealkylation sites (N-methyl/N-ethyl adjacent to an activating group) is 1. The van der Waals surface area contributed by atoms with E-state index in [0.717, 1.165) is 29.9 Å². The van der Waals surface area contributed by atoms with Crippen LogP contribution in [0.4, 0.5) is 5.13 Å². The number of aromatic nitrogens is 3. The van der Waals surface area contributed by atoms with Crippen molar-refractivity contribution >= 4 is 44.2 Å². The monoisotopic (exact) mass is 391 g/mol. The normalized spacial score (nSPS) is 11.4. The first-order valence-electron chi connectivity index (χ1n) is 8.62. The van der Waals surface area contributed by atoms with E-state index >= 15 is 0 Å². The molecule has 2 aromatic heterocycles. The molecule has 1 amide bonds. The average molecular weight is 392 g/mol. The van der Waals surface area contributed by atoms with E-state index in [2.05, 4.69) is 28.8 Å². The molecule has 0 bridgehead atoms. The van der Waals surface area contributed by atoms with Gasteiger partial charge < -0.3 is 4.90 Å². The minimum atomic E-state index is -0.145. The zero-order valence-corrected chi connectivity index (χ0v) is 16.7. The van der Waals surface area contributed by atoms with E-state index < -0.39 is 0 Å². The van der Waals surface area contributed by atoms with Crippen LogP contribution in [-0.4, -0.2) is 51.8 Å². The fourth-order valence-corrected chi connectivity index (χ4v) is 4.04. The second-order valence-electron chi connectivity index (χ2n) is 5.94. The number of rotatable bonds is 7. The number of hydrogen-bond acceptors (Lipinski definition) is 5. The SMILES string of the molecule is CCN(CC)CCN(C(=O)c1ccn(C)n1)c1nc2c(Cl)cccc2s1. The fourth-order valence-electron chi connectivity index (χ4n) is 2.75. The Morgan fingerprint density at radius 3 is 2.62 bits per heavy atom. The molecule has 8 heteroatoms. The Hall–Kier alpha value is -1.96. The highest BCUT2D eigenvalue weighted by atomic mass is 35.5. The molecule has 138 valence electrons. The van der Waals surface area contributed by atoms with E-state index in [4.69, 9.17) is 11.6 Å². The van der Waals surface area contributed by atoms with E-state index in [0.29, 0.717) is 22.4 Å². The summed E-state index contributed by atoms with van der Waals surface area (Å²) in [5.41, 5.74) is 1.15. The molecule has 0 aliphatic heterocycles. The van der Waals surface area contributed by atoms with Crippen LogP contribution in [0.15, 0.2) is 30.5 Å². The molecule has 0 aliphatic rings. The molecule has 26 heavy (non-hydrogen) atoms. The number of fused-ring (bicyclic) bond motifs is 1. The smallest absolute Gasteiger partial charge is 0.280 e. The maximum atomic E-state index is 13.1. The van der Waals surface area contributed by atoms with Gasteiger partial charge in [0.05, 0.1) is 9.72 Å². The predicted octanol–water partition coefficient (Wildman–Crippen LogP) is 3.67. The van der Waals surface area contributed by atoms with Crippen molar-refractivity contribution in [3.63, 3.8) is 0 Å². The Kier molecular flexibility index (Phi) is 5.90. The van der Waals surface area contributed by atoms with E-state index in [1.54, 1.807) is 28.9 Å². The molecule has 6 nitrogen and oxygen atoms in total. The molecule has 0 spiro atoms. The van der Waals surface area contributed by atoms with E-state index in [-0.39, 0.29) is 5.91 Å². The molecule has 0 radical (unpaired) electrons. The van der Waals surface area contributed by atoms with Crippen molar-refractivity contribution in [2.24, 2.45) is 7.05 Å². The molecule has 0 aliphatic carbocycles. The first kappa shape index (κ1) is 18.8. The van der Waals surface area contributed by atoms with Crippen LogP contribution in [0.3, 0.4) is 0 Å². The van der Waals surface area contributed by atoms with Crippen LogP contribution in [0, 0.1) is 0 Å². The molecule has 3 aromatic rings. The van der Waals surface area contributed by atoms with Gasteiger partial charge in [-0.3, -0.25) is 14.4 Å². The maximum Gasteiger partial charge on any atom is 0.280 e. The summed E-state index contributed by atoms with van der Waals surface area (Å²) in [5, 5.41) is 5.50. The van der Waals surface area contributed by atoms with Crippen LogP contribution in [-0.2, 0) is 7.05 Å². The van der Waals surface area contributed by atoms with Crippen molar-refractivity contribution in [2.75, 3.05) is 31.1 Å². The second kappa shape index (κ2) is 8.16. The Morgan fingerprint density at radius 2 is 2.00 bits per heavy atom. The van der Waals surface area contributed by atoms with Gasteiger partial charge in [-0.15, -0.1) is 0 Å². The number of aryl methyl sites for hydroxylation is 1. The number of halogens is 1. The summed E-state index contributed by atoms with van der Waals surface area (Å²) in [7, 11) is 1.80. The highest BCUT2D eigenvalue weighted by Crippen LogP contribution is 2.33. The Morgan fingerprint density at radius 1 is 1.23 bits per heavy atom. The molecule has 1 aromatic carbocycles. The summed E-state index contributed by atoms with van der Waals surface area (Å²) in [4.78, 5) is 21.7. The zero-order valence-electron chi connectivity index (χ0n) is 15.1. The summed E-state index contributed by atoms with van der Waals surface area (Å²) in [6.07, 6.45) is 1.77. The van der Waals surface area contributed by atoms with Crippen LogP contribution in [0.25, 0.3) is 10.2 Å². The number of anilines is 1. The number of carbonyl (C=O) groups excluding carboxylic acids is 1. The zero-order chi connectivity index (χ0) is 18.7.